The summed E-state index contributed by atoms with van der Waals surface area (Å²) < 4.78 is 1.83. The van der Waals surface area contributed by atoms with E-state index in [-0.39, 0.29) is 12.3 Å². The van der Waals surface area contributed by atoms with Gasteiger partial charge in [-0.05, 0) is 12.1 Å². The smallest absolute Gasteiger partial charge is 0.227 e. The topological polar surface area (TPSA) is 33.8 Å². The van der Waals surface area contributed by atoms with E-state index in [9.17, 15) is 4.79 Å². The van der Waals surface area contributed by atoms with Crippen molar-refractivity contribution < 1.29 is 9.36 Å². The number of hydrogen-bond acceptors (Lipinski definition) is 2. The van der Waals surface area contributed by atoms with Gasteiger partial charge in [-0.25, -0.2) is 4.98 Å². The lowest BCUT2D eigenvalue weighted by Gasteiger charge is -2.01. The zero-order chi connectivity index (χ0) is 15.4. The van der Waals surface area contributed by atoms with Gasteiger partial charge in [0.05, 0.1) is 6.20 Å². The molecule has 0 atom stereocenters. The molecule has 0 N–H and O–H groups in total. The van der Waals surface area contributed by atoms with Gasteiger partial charge in [-0.3, -0.25) is 4.79 Å². The van der Waals surface area contributed by atoms with Gasteiger partial charge in [0.25, 0.3) is 0 Å². The van der Waals surface area contributed by atoms with Crippen molar-refractivity contribution >= 4 is 17.4 Å². The zero-order valence-electron chi connectivity index (χ0n) is 11.8. The molecule has 2 aromatic carbocycles. The summed E-state index contributed by atoms with van der Waals surface area (Å²) in [4.78, 5) is 16.6. The van der Waals surface area contributed by atoms with Crippen LogP contribution in [0.1, 0.15) is 10.4 Å². The molecule has 0 saturated carbocycles. The van der Waals surface area contributed by atoms with E-state index in [4.69, 9.17) is 11.6 Å². The summed E-state index contributed by atoms with van der Waals surface area (Å²) in [6, 6.07) is 16.8. The van der Waals surface area contributed by atoms with Crippen molar-refractivity contribution in [3.63, 3.8) is 0 Å². The Labute approximate surface area is 133 Å². The largest absolute Gasteiger partial charge is 0.287 e. The highest BCUT2D eigenvalue weighted by Gasteiger charge is 2.13. The second-order valence-corrected chi connectivity index (χ2v) is 5.35. The maximum Gasteiger partial charge on any atom is 0.227 e. The monoisotopic (exact) mass is 309 g/mol. The molecule has 0 amide bonds. The molecule has 22 heavy (non-hydrogen) atoms. The van der Waals surface area contributed by atoms with Crippen molar-refractivity contribution in [1.29, 1.82) is 0 Å². The van der Waals surface area contributed by atoms with Crippen molar-refractivity contribution in [1.82, 2.24) is 4.98 Å². The molecule has 1 aromatic heterocycles. The van der Waals surface area contributed by atoms with Gasteiger partial charge in [0.2, 0.25) is 12.3 Å². The first kappa shape index (κ1) is 14.4. The molecule has 0 aliphatic heterocycles. The van der Waals surface area contributed by atoms with Crippen LogP contribution in [0.15, 0.2) is 73.2 Å². The summed E-state index contributed by atoms with van der Waals surface area (Å²) >= 11 is 6.01. The minimum atomic E-state index is 0.0637. The molecule has 0 unspecified atom stereocenters. The van der Waals surface area contributed by atoms with E-state index in [2.05, 4.69) is 4.98 Å². The lowest BCUT2D eigenvalue weighted by molar-refractivity contribution is -0.683. The number of ketones is 1. The number of carbonyl (C=O) groups excluding carboxylic acids is 1. The Kier molecular flexibility index (Phi) is 4.26. The molecule has 0 aliphatic carbocycles. The number of benzene rings is 2. The van der Waals surface area contributed by atoms with Crippen molar-refractivity contribution in [2.45, 2.75) is 6.54 Å². The molecule has 0 spiro atoms. The van der Waals surface area contributed by atoms with Gasteiger partial charge in [0.15, 0.2) is 12.4 Å². The van der Waals surface area contributed by atoms with Crippen LogP contribution in [-0.4, -0.2) is 10.8 Å². The minimum Gasteiger partial charge on any atom is -0.287 e. The third-order valence-electron chi connectivity index (χ3n) is 3.30. The van der Waals surface area contributed by atoms with Gasteiger partial charge in [0.1, 0.15) is 5.69 Å². The van der Waals surface area contributed by atoms with Crippen LogP contribution in [0.5, 0.6) is 0 Å². The lowest BCUT2D eigenvalue weighted by atomic mass is 10.1. The summed E-state index contributed by atoms with van der Waals surface area (Å²) in [6.07, 6.45) is 5.33. The number of hydrogen-bond donors (Lipinski definition) is 0. The number of rotatable bonds is 4. The predicted molar refractivity (Wildman–Crippen MR) is 85.7 cm³/mol. The van der Waals surface area contributed by atoms with E-state index >= 15 is 0 Å². The fourth-order valence-electron chi connectivity index (χ4n) is 2.21. The average Bonchev–Trinajstić information content (AvgIpc) is 2.56. The third-order valence-corrected chi connectivity index (χ3v) is 3.54. The van der Waals surface area contributed by atoms with Crippen LogP contribution < -0.4 is 4.57 Å². The maximum atomic E-state index is 12.3. The number of carbonyl (C=O) groups is 1. The molecule has 0 bridgehead atoms. The molecule has 3 nitrogen and oxygen atoms in total. The Bertz CT molecular complexity index is 803. The second-order valence-electron chi connectivity index (χ2n) is 4.91. The summed E-state index contributed by atoms with van der Waals surface area (Å²) in [5, 5.41) is 0.662. The Balaban J connectivity index is 1.84. The Hall–Kier alpha value is -2.52. The van der Waals surface area contributed by atoms with E-state index in [1.54, 1.807) is 12.4 Å². The van der Waals surface area contributed by atoms with Gasteiger partial charge in [-0.2, -0.15) is 4.57 Å². The summed E-state index contributed by atoms with van der Waals surface area (Å²) in [7, 11) is 0. The van der Waals surface area contributed by atoms with Crippen LogP contribution >= 0.6 is 11.6 Å². The Morgan fingerprint density at radius 1 is 1.09 bits per heavy atom. The molecule has 0 saturated heterocycles. The van der Waals surface area contributed by atoms with E-state index in [1.807, 2.05) is 65.4 Å². The fraction of sp³-hybridized carbons (Fsp3) is 0.0556. The lowest BCUT2D eigenvalue weighted by Crippen LogP contribution is -2.37. The summed E-state index contributed by atoms with van der Waals surface area (Å²) in [6.45, 7) is 0.278. The van der Waals surface area contributed by atoms with E-state index in [0.717, 1.165) is 11.3 Å². The maximum absolute atomic E-state index is 12.3. The molecule has 0 fully saturated rings. The van der Waals surface area contributed by atoms with Crippen molar-refractivity contribution in [3.8, 4) is 11.3 Å². The normalized spacial score (nSPS) is 10.4. The molecule has 4 heteroatoms. The molecule has 3 aromatic rings. The quantitative estimate of drug-likeness (QED) is 0.545. The van der Waals surface area contributed by atoms with Crippen LogP contribution in [0, 0.1) is 0 Å². The van der Waals surface area contributed by atoms with Crippen molar-refractivity contribution in [2.75, 3.05) is 0 Å². The van der Waals surface area contributed by atoms with Crippen LogP contribution in [0.3, 0.4) is 0 Å². The van der Waals surface area contributed by atoms with Gasteiger partial charge >= 0.3 is 0 Å². The highest BCUT2D eigenvalue weighted by Crippen LogP contribution is 2.19. The molecular weight excluding hydrogens is 296 g/mol. The summed E-state index contributed by atoms with van der Waals surface area (Å²) in [5.41, 5.74) is 2.41. The number of aromatic nitrogens is 2. The van der Waals surface area contributed by atoms with Crippen LogP contribution in [0.25, 0.3) is 11.3 Å². The zero-order valence-corrected chi connectivity index (χ0v) is 12.6. The first-order chi connectivity index (χ1) is 10.7. The van der Waals surface area contributed by atoms with Crippen LogP contribution in [0.2, 0.25) is 5.02 Å². The Morgan fingerprint density at radius 3 is 2.68 bits per heavy atom. The van der Waals surface area contributed by atoms with Crippen LogP contribution in [-0.2, 0) is 6.54 Å². The number of halogens is 1. The van der Waals surface area contributed by atoms with Gasteiger partial charge in [0, 0.05) is 16.1 Å². The standard InChI is InChI=1S/C18H14ClN2O/c19-16-8-4-7-15(11-16)17-12-21(10-9-20-17)13-18(22)14-5-2-1-3-6-14/h1-12H,13H2/q+1. The first-order valence-corrected chi connectivity index (χ1v) is 7.29. The van der Waals surface area contributed by atoms with E-state index in [0.29, 0.717) is 10.6 Å². The number of Topliss-reactive ketones (excluding diaryl/α,β-unsaturated/α-hetero) is 1. The highest BCUT2D eigenvalue weighted by molar-refractivity contribution is 6.30. The van der Waals surface area contributed by atoms with E-state index < -0.39 is 0 Å². The Morgan fingerprint density at radius 2 is 1.91 bits per heavy atom. The average molecular weight is 310 g/mol. The highest BCUT2D eigenvalue weighted by atomic mass is 35.5. The molecule has 3 rings (SSSR count). The summed E-state index contributed by atoms with van der Waals surface area (Å²) in [5.74, 6) is 0.0637. The molecule has 0 radical (unpaired) electrons. The predicted octanol–water partition coefficient (Wildman–Crippen LogP) is 3.57. The van der Waals surface area contributed by atoms with Gasteiger partial charge in [-0.1, -0.05) is 54.1 Å². The first-order valence-electron chi connectivity index (χ1n) is 6.92. The van der Waals surface area contributed by atoms with Crippen LogP contribution in [0.4, 0.5) is 0 Å². The molecule has 108 valence electrons. The SMILES string of the molecule is O=C(C[n+]1ccnc(-c2cccc(Cl)c2)c1)c1ccccc1. The third kappa shape index (κ3) is 3.38. The van der Waals surface area contributed by atoms with Crippen molar-refractivity contribution in [3.05, 3.63) is 83.8 Å². The second kappa shape index (κ2) is 6.50. The molecule has 0 aliphatic rings. The molecular formula is C18H14ClN2O+. The van der Waals surface area contributed by atoms with Gasteiger partial charge in [-0.15, -0.1) is 0 Å². The number of nitrogens with zero attached hydrogens (tertiary/aromatic N) is 2. The van der Waals surface area contributed by atoms with E-state index in [1.165, 1.54) is 0 Å². The fourth-order valence-corrected chi connectivity index (χ4v) is 2.40. The van der Waals surface area contributed by atoms with Gasteiger partial charge < -0.3 is 0 Å². The molecule has 1 heterocycles. The van der Waals surface area contributed by atoms with Crippen molar-refractivity contribution in [2.24, 2.45) is 0 Å². The minimum absolute atomic E-state index is 0.0637.